The molecule has 0 spiro atoms. The highest BCUT2D eigenvalue weighted by Crippen LogP contribution is 2.48. The molecule has 0 N–H and O–H groups in total. The van der Waals surface area contributed by atoms with Crippen molar-refractivity contribution in [3.8, 4) is 17.2 Å². The summed E-state index contributed by atoms with van der Waals surface area (Å²) in [6.45, 7) is 0.678. The molecule has 0 amide bonds. The van der Waals surface area contributed by atoms with E-state index in [-0.39, 0.29) is 6.04 Å². The van der Waals surface area contributed by atoms with Gasteiger partial charge in [0.25, 0.3) is 0 Å². The van der Waals surface area contributed by atoms with Crippen LogP contribution in [-0.4, -0.2) is 33.1 Å². The Balaban J connectivity index is 1.34. The summed E-state index contributed by atoms with van der Waals surface area (Å²) in [5.41, 5.74) is 5.09. The van der Waals surface area contributed by atoms with Crippen molar-refractivity contribution in [2.24, 2.45) is 4.99 Å². The molecule has 0 aromatic heterocycles. The Bertz CT molecular complexity index is 1120. The second kappa shape index (κ2) is 9.70. The van der Waals surface area contributed by atoms with Gasteiger partial charge in [-0.2, -0.15) is 0 Å². The molecule has 1 saturated carbocycles. The normalized spacial score (nSPS) is 21.1. The Morgan fingerprint density at radius 1 is 0.848 bits per heavy atom. The average molecular weight is 442 g/mol. The molecule has 0 bridgehead atoms. The van der Waals surface area contributed by atoms with Crippen molar-refractivity contribution in [2.45, 2.75) is 43.6 Å². The first-order valence-electron chi connectivity index (χ1n) is 11.8. The summed E-state index contributed by atoms with van der Waals surface area (Å²) >= 11 is 0. The number of ether oxygens (including phenoxy) is 3. The van der Waals surface area contributed by atoms with E-state index in [0.717, 1.165) is 42.1 Å². The zero-order chi connectivity index (χ0) is 22.6. The SMILES string of the molecule is COc1cc2c(cc1OC)C1CCC[C@H](c3cccc(OCCc4ccccc4)c3)[C@H]1N=C2. The van der Waals surface area contributed by atoms with Crippen molar-refractivity contribution >= 4 is 6.21 Å². The molecule has 1 aliphatic heterocycles. The van der Waals surface area contributed by atoms with Gasteiger partial charge in [0.05, 0.1) is 26.9 Å². The average Bonchev–Trinajstić information content (AvgIpc) is 2.88. The van der Waals surface area contributed by atoms with Crippen molar-refractivity contribution < 1.29 is 14.2 Å². The fourth-order valence-electron chi connectivity index (χ4n) is 5.37. The van der Waals surface area contributed by atoms with Crippen LogP contribution in [0.2, 0.25) is 0 Å². The minimum atomic E-state index is 0.240. The van der Waals surface area contributed by atoms with Crippen LogP contribution in [0.1, 0.15) is 53.4 Å². The van der Waals surface area contributed by atoms with E-state index in [0.29, 0.717) is 18.4 Å². The largest absolute Gasteiger partial charge is 0.493 e. The Kier molecular flexibility index (Phi) is 6.34. The molecule has 2 aliphatic rings. The predicted octanol–water partition coefficient (Wildman–Crippen LogP) is 6.18. The zero-order valence-electron chi connectivity index (χ0n) is 19.4. The van der Waals surface area contributed by atoms with Crippen LogP contribution in [0.5, 0.6) is 17.2 Å². The number of aliphatic imine (C=N–C) groups is 1. The first-order chi connectivity index (χ1) is 16.3. The highest BCUT2D eigenvalue weighted by molar-refractivity contribution is 5.85. The van der Waals surface area contributed by atoms with E-state index >= 15 is 0 Å². The third-order valence-electron chi connectivity index (χ3n) is 7.02. The number of benzene rings is 3. The van der Waals surface area contributed by atoms with Gasteiger partial charge in [-0.15, -0.1) is 0 Å². The first kappa shape index (κ1) is 21.6. The van der Waals surface area contributed by atoms with Crippen LogP contribution in [0.4, 0.5) is 0 Å². The molecule has 33 heavy (non-hydrogen) atoms. The predicted molar refractivity (Wildman–Crippen MR) is 132 cm³/mol. The summed E-state index contributed by atoms with van der Waals surface area (Å²) in [5, 5.41) is 0. The highest BCUT2D eigenvalue weighted by atomic mass is 16.5. The number of methoxy groups -OCH3 is 2. The van der Waals surface area contributed by atoms with E-state index in [1.807, 2.05) is 12.3 Å². The fraction of sp³-hybridized carbons (Fsp3) is 0.345. The second-order valence-electron chi connectivity index (χ2n) is 8.91. The van der Waals surface area contributed by atoms with Gasteiger partial charge in [0.2, 0.25) is 0 Å². The van der Waals surface area contributed by atoms with E-state index < -0.39 is 0 Å². The highest BCUT2D eigenvalue weighted by Gasteiger charge is 2.38. The van der Waals surface area contributed by atoms with Crippen LogP contribution in [-0.2, 0) is 6.42 Å². The molecular formula is C29H31NO3. The van der Waals surface area contributed by atoms with Gasteiger partial charge in [0.15, 0.2) is 11.5 Å². The Hall–Kier alpha value is -3.27. The Morgan fingerprint density at radius 2 is 1.64 bits per heavy atom. The van der Waals surface area contributed by atoms with Crippen molar-refractivity contribution in [3.05, 3.63) is 89.0 Å². The number of fused-ring (bicyclic) bond motifs is 3. The number of nitrogens with zero attached hydrogens (tertiary/aromatic N) is 1. The van der Waals surface area contributed by atoms with Gasteiger partial charge in [-0.25, -0.2) is 0 Å². The lowest BCUT2D eigenvalue weighted by Crippen LogP contribution is -2.32. The van der Waals surface area contributed by atoms with E-state index in [9.17, 15) is 0 Å². The molecule has 0 radical (unpaired) electrons. The lowest BCUT2D eigenvalue weighted by molar-refractivity contribution is 0.316. The molecule has 1 heterocycles. The third kappa shape index (κ3) is 4.47. The number of hydrogen-bond acceptors (Lipinski definition) is 4. The molecule has 170 valence electrons. The molecule has 4 heteroatoms. The molecule has 4 nitrogen and oxygen atoms in total. The molecule has 5 rings (SSSR count). The van der Waals surface area contributed by atoms with E-state index in [1.165, 1.54) is 23.1 Å². The molecule has 1 aliphatic carbocycles. The molecule has 3 aromatic carbocycles. The van der Waals surface area contributed by atoms with Crippen LogP contribution < -0.4 is 14.2 Å². The summed E-state index contributed by atoms with van der Waals surface area (Å²) in [4.78, 5) is 5.05. The smallest absolute Gasteiger partial charge is 0.161 e. The summed E-state index contributed by atoms with van der Waals surface area (Å²) in [5.74, 6) is 3.28. The lowest BCUT2D eigenvalue weighted by atomic mass is 9.69. The molecule has 3 aromatic rings. The molecule has 0 saturated heterocycles. The number of rotatable bonds is 7. The Morgan fingerprint density at radius 3 is 2.45 bits per heavy atom. The van der Waals surface area contributed by atoms with Crippen LogP contribution in [0.15, 0.2) is 71.7 Å². The third-order valence-corrected chi connectivity index (χ3v) is 7.02. The van der Waals surface area contributed by atoms with Gasteiger partial charge in [0.1, 0.15) is 5.75 Å². The van der Waals surface area contributed by atoms with Gasteiger partial charge in [-0.1, -0.05) is 48.9 Å². The maximum absolute atomic E-state index is 6.12. The lowest BCUT2D eigenvalue weighted by Gasteiger charge is -2.39. The van der Waals surface area contributed by atoms with Crippen LogP contribution in [0.25, 0.3) is 0 Å². The Labute approximate surface area is 196 Å². The molecule has 1 fully saturated rings. The first-order valence-corrected chi connectivity index (χ1v) is 11.8. The van der Waals surface area contributed by atoms with Gasteiger partial charge >= 0.3 is 0 Å². The fourth-order valence-corrected chi connectivity index (χ4v) is 5.37. The van der Waals surface area contributed by atoms with Gasteiger partial charge in [-0.3, -0.25) is 4.99 Å². The summed E-state index contributed by atoms with van der Waals surface area (Å²) in [6, 6.07) is 23.6. The zero-order valence-corrected chi connectivity index (χ0v) is 19.4. The van der Waals surface area contributed by atoms with Gasteiger partial charge in [-0.05, 0) is 59.4 Å². The summed E-state index contributed by atoms with van der Waals surface area (Å²) in [7, 11) is 3.38. The molecular weight excluding hydrogens is 410 g/mol. The van der Waals surface area contributed by atoms with Crippen LogP contribution >= 0.6 is 0 Å². The van der Waals surface area contributed by atoms with Crippen molar-refractivity contribution in [2.75, 3.05) is 20.8 Å². The molecule has 3 atom stereocenters. The topological polar surface area (TPSA) is 40.0 Å². The van der Waals surface area contributed by atoms with Crippen LogP contribution in [0, 0.1) is 0 Å². The minimum absolute atomic E-state index is 0.240. The standard InChI is InChI=1S/C29H31NO3/c1-31-27-17-22-19-30-29-24(12-7-13-25(29)26(22)18-28(27)32-2)21-10-6-11-23(16-21)33-15-14-20-8-4-3-5-9-20/h3-6,8-11,16-19,24-25,29H,7,12-15H2,1-2H3/t24-,25?,29-/m1/s1. The van der Waals surface area contributed by atoms with E-state index in [4.69, 9.17) is 19.2 Å². The van der Waals surface area contributed by atoms with Crippen LogP contribution in [0.3, 0.4) is 0 Å². The van der Waals surface area contributed by atoms with E-state index in [2.05, 4.69) is 60.7 Å². The monoisotopic (exact) mass is 441 g/mol. The van der Waals surface area contributed by atoms with Gasteiger partial charge in [0, 0.05) is 24.5 Å². The maximum Gasteiger partial charge on any atom is 0.161 e. The van der Waals surface area contributed by atoms with Crippen molar-refractivity contribution in [1.29, 1.82) is 0 Å². The summed E-state index contributed by atoms with van der Waals surface area (Å²) in [6.07, 6.45) is 6.42. The molecule has 1 unspecified atom stereocenters. The van der Waals surface area contributed by atoms with E-state index in [1.54, 1.807) is 14.2 Å². The minimum Gasteiger partial charge on any atom is -0.493 e. The summed E-state index contributed by atoms with van der Waals surface area (Å²) < 4.78 is 17.2. The quantitative estimate of drug-likeness (QED) is 0.440. The second-order valence-corrected chi connectivity index (χ2v) is 8.91. The van der Waals surface area contributed by atoms with Crippen molar-refractivity contribution in [3.63, 3.8) is 0 Å². The van der Waals surface area contributed by atoms with Crippen molar-refractivity contribution in [1.82, 2.24) is 0 Å². The van der Waals surface area contributed by atoms with Gasteiger partial charge < -0.3 is 14.2 Å². The maximum atomic E-state index is 6.12. The number of hydrogen-bond donors (Lipinski definition) is 0.